The van der Waals surface area contributed by atoms with Gasteiger partial charge in [0.1, 0.15) is 6.54 Å². The zero-order valence-corrected chi connectivity index (χ0v) is 11.3. The van der Waals surface area contributed by atoms with Gasteiger partial charge in [-0.15, -0.1) is 0 Å². The fourth-order valence-corrected chi connectivity index (χ4v) is 1.61. The molecule has 1 N–H and O–H groups in total. The number of halogens is 4. The molecular weight excluding hydrogens is 327 g/mol. The van der Waals surface area contributed by atoms with E-state index in [-0.39, 0.29) is 5.95 Å². The number of hydrogen-bond acceptors (Lipinski definition) is 4. The highest BCUT2D eigenvalue weighted by Crippen LogP contribution is 2.21. The first-order chi connectivity index (χ1) is 8.83. The van der Waals surface area contributed by atoms with Crippen LogP contribution in [0.4, 0.5) is 24.8 Å². The van der Waals surface area contributed by atoms with Crippen molar-refractivity contribution in [2.24, 2.45) is 0 Å². The second-order valence-electron chi connectivity index (χ2n) is 3.79. The van der Waals surface area contributed by atoms with E-state index in [1.807, 2.05) is 0 Å². The van der Waals surface area contributed by atoms with Crippen LogP contribution >= 0.6 is 15.9 Å². The van der Waals surface area contributed by atoms with Crippen molar-refractivity contribution in [3.63, 3.8) is 0 Å². The molecule has 2 heterocycles. The topological polar surface area (TPSA) is 55.6 Å². The molecule has 9 heteroatoms. The third-order valence-electron chi connectivity index (χ3n) is 2.15. The predicted octanol–water partition coefficient (Wildman–Crippen LogP) is 3.05. The number of anilines is 2. The van der Waals surface area contributed by atoms with Crippen LogP contribution in [0.3, 0.4) is 0 Å². The van der Waals surface area contributed by atoms with Gasteiger partial charge in [-0.05, 0) is 22.9 Å². The van der Waals surface area contributed by atoms with Gasteiger partial charge in [0.2, 0.25) is 5.95 Å². The first-order valence-corrected chi connectivity index (χ1v) is 5.98. The summed E-state index contributed by atoms with van der Waals surface area (Å²) in [4.78, 5) is 7.94. The number of nitrogens with zero attached hydrogens (tertiary/aromatic N) is 4. The van der Waals surface area contributed by atoms with Crippen molar-refractivity contribution in [1.29, 1.82) is 0 Å². The van der Waals surface area contributed by atoms with Crippen LogP contribution in [0.2, 0.25) is 0 Å². The molecule has 0 radical (unpaired) electrons. The van der Waals surface area contributed by atoms with Gasteiger partial charge < -0.3 is 5.32 Å². The molecule has 0 aliphatic rings. The molecule has 19 heavy (non-hydrogen) atoms. The zero-order chi connectivity index (χ0) is 14.0. The summed E-state index contributed by atoms with van der Waals surface area (Å²) in [6.07, 6.45) is 0.0354. The normalized spacial score (nSPS) is 11.6. The average molecular weight is 336 g/mol. The molecular formula is C10H9BrF3N5. The number of nitrogens with one attached hydrogen (secondary N) is 1. The minimum atomic E-state index is -4.30. The van der Waals surface area contributed by atoms with E-state index in [1.54, 1.807) is 6.92 Å². The van der Waals surface area contributed by atoms with E-state index < -0.39 is 12.7 Å². The number of aryl methyl sites for hydroxylation is 1. The van der Waals surface area contributed by atoms with Crippen LogP contribution in [0.1, 0.15) is 5.69 Å². The molecule has 0 fully saturated rings. The monoisotopic (exact) mass is 335 g/mol. The van der Waals surface area contributed by atoms with E-state index in [9.17, 15) is 13.2 Å². The Kier molecular flexibility index (Phi) is 3.74. The van der Waals surface area contributed by atoms with Crippen molar-refractivity contribution in [2.45, 2.75) is 19.6 Å². The van der Waals surface area contributed by atoms with Gasteiger partial charge in [0.25, 0.3) is 0 Å². The maximum atomic E-state index is 12.2. The van der Waals surface area contributed by atoms with E-state index in [1.165, 1.54) is 18.6 Å². The van der Waals surface area contributed by atoms with Crippen LogP contribution in [-0.2, 0) is 6.54 Å². The Morgan fingerprint density at radius 1 is 1.32 bits per heavy atom. The van der Waals surface area contributed by atoms with Crippen LogP contribution in [0, 0.1) is 6.92 Å². The van der Waals surface area contributed by atoms with Crippen LogP contribution in [0.15, 0.2) is 23.1 Å². The number of hydrogen-bond donors (Lipinski definition) is 1. The average Bonchev–Trinajstić information content (AvgIpc) is 2.60. The summed E-state index contributed by atoms with van der Waals surface area (Å²) in [6.45, 7) is 0.477. The van der Waals surface area contributed by atoms with Gasteiger partial charge in [0, 0.05) is 18.6 Å². The highest BCUT2D eigenvalue weighted by atomic mass is 79.9. The van der Waals surface area contributed by atoms with Crippen LogP contribution in [0.5, 0.6) is 0 Å². The van der Waals surface area contributed by atoms with Crippen molar-refractivity contribution >= 4 is 27.6 Å². The second kappa shape index (κ2) is 5.16. The fourth-order valence-electron chi connectivity index (χ4n) is 1.40. The lowest BCUT2D eigenvalue weighted by atomic mass is 10.4. The molecule has 5 nitrogen and oxygen atoms in total. The fraction of sp³-hybridized carbons (Fsp3) is 0.300. The van der Waals surface area contributed by atoms with Gasteiger partial charge in [-0.2, -0.15) is 18.3 Å². The van der Waals surface area contributed by atoms with Gasteiger partial charge >= 0.3 is 6.18 Å². The van der Waals surface area contributed by atoms with Gasteiger partial charge in [0.05, 0.1) is 15.9 Å². The Labute approximate surface area is 115 Å². The van der Waals surface area contributed by atoms with Crippen molar-refractivity contribution in [3.05, 3.63) is 28.8 Å². The van der Waals surface area contributed by atoms with Crippen LogP contribution in [0.25, 0.3) is 0 Å². The van der Waals surface area contributed by atoms with E-state index in [2.05, 4.69) is 36.3 Å². The Hall–Kier alpha value is -1.64. The molecule has 0 aliphatic carbocycles. The molecule has 0 aliphatic heterocycles. The predicted molar refractivity (Wildman–Crippen MR) is 66.0 cm³/mol. The summed E-state index contributed by atoms with van der Waals surface area (Å²) in [7, 11) is 0. The maximum Gasteiger partial charge on any atom is 0.408 e. The molecule has 2 aromatic rings. The van der Waals surface area contributed by atoms with Crippen molar-refractivity contribution < 1.29 is 13.2 Å². The smallest absolute Gasteiger partial charge is 0.321 e. The Morgan fingerprint density at radius 3 is 2.53 bits per heavy atom. The summed E-state index contributed by atoms with van der Waals surface area (Å²) < 4.78 is 38.3. The van der Waals surface area contributed by atoms with Gasteiger partial charge in [-0.25, -0.2) is 9.97 Å². The highest BCUT2D eigenvalue weighted by molar-refractivity contribution is 9.10. The van der Waals surface area contributed by atoms with E-state index in [0.29, 0.717) is 15.9 Å². The minimum absolute atomic E-state index is 0.290. The number of alkyl halides is 3. The van der Waals surface area contributed by atoms with E-state index in [4.69, 9.17) is 0 Å². The maximum absolute atomic E-state index is 12.2. The van der Waals surface area contributed by atoms with E-state index >= 15 is 0 Å². The third kappa shape index (κ3) is 3.91. The summed E-state index contributed by atoms with van der Waals surface area (Å²) in [5.74, 6) is 0.290. The lowest BCUT2D eigenvalue weighted by Gasteiger charge is -2.05. The molecule has 0 amide bonds. The molecule has 2 rings (SSSR count). The van der Waals surface area contributed by atoms with Gasteiger partial charge in [-0.1, -0.05) is 0 Å². The lowest BCUT2D eigenvalue weighted by Crippen LogP contribution is -2.17. The molecule has 2 aromatic heterocycles. The number of rotatable bonds is 3. The van der Waals surface area contributed by atoms with Crippen molar-refractivity contribution in [2.75, 3.05) is 5.32 Å². The molecule has 0 saturated heterocycles. The van der Waals surface area contributed by atoms with Crippen LogP contribution in [-0.4, -0.2) is 25.9 Å². The molecule has 0 spiro atoms. The quantitative estimate of drug-likeness (QED) is 0.936. The molecule has 0 aromatic carbocycles. The second-order valence-corrected chi connectivity index (χ2v) is 4.71. The first-order valence-electron chi connectivity index (χ1n) is 5.19. The summed E-state index contributed by atoms with van der Waals surface area (Å²) >= 11 is 3.19. The SMILES string of the molecule is Cc1nn(CC(F)(F)F)cc1Nc1ncc(Br)cn1. The van der Waals surface area contributed by atoms with Crippen molar-refractivity contribution in [1.82, 2.24) is 19.7 Å². The van der Waals surface area contributed by atoms with Gasteiger partial charge in [-0.3, -0.25) is 4.68 Å². The summed E-state index contributed by atoms with van der Waals surface area (Å²) in [5.41, 5.74) is 0.877. The highest BCUT2D eigenvalue weighted by Gasteiger charge is 2.28. The zero-order valence-electron chi connectivity index (χ0n) is 9.74. The Balaban J connectivity index is 2.15. The molecule has 102 valence electrons. The number of aromatic nitrogens is 4. The lowest BCUT2D eigenvalue weighted by molar-refractivity contribution is -0.142. The molecule has 0 bridgehead atoms. The first kappa shape index (κ1) is 13.8. The Bertz CT molecular complexity index is 564. The minimum Gasteiger partial charge on any atom is -0.321 e. The Morgan fingerprint density at radius 2 is 1.95 bits per heavy atom. The summed E-state index contributed by atoms with van der Waals surface area (Å²) in [6, 6.07) is 0. The van der Waals surface area contributed by atoms with E-state index in [0.717, 1.165) is 4.68 Å². The van der Waals surface area contributed by atoms with Crippen molar-refractivity contribution in [3.8, 4) is 0 Å². The standard InChI is InChI=1S/C10H9BrF3N5/c1-6-8(4-19(18-6)5-10(12,13)14)17-9-15-2-7(11)3-16-9/h2-4H,5H2,1H3,(H,15,16,17). The van der Waals surface area contributed by atoms with Gasteiger partial charge in [0.15, 0.2) is 0 Å². The summed E-state index contributed by atoms with van der Waals surface area (Å²) in [5, 5.41) is 6.59. The molecule has 0 atom stereocenters. The van der Waals surface area contributed by atoms with Crippen LogP contribution < -0.4 is 5.32 Å². The molecule has 0 saturated carbocycles. The largest absolute Gasteiger partial charge is 0.408 e. The third-order valence-corrected chi connectivity index (χ3v) is 2.56. The molecule has 0 unspecified atom stereocenters.